The smallest absolute Gasteiger partial charge is 0.0828 e. The Morgan fingerprint density at radius 1 is 1.75 bits per heavy atom. The third-order valence-electron chi connectivity index (χ3n) is 0.968. The van der Waals surface area contributed by atoms with Crippen molar-refractivity contribution in [2.45, 2.75) is 25.9 Å². The Balaban J connectivity index is 3.10. The second kappa shape index (κ2) is 4.78. The van der Waals surface area contributed by atoms with E-state index in [0.29, 0.717) is 19.2 Å². The van der Waals surface area contributed by atoms with Crippen molar-refractivity contribution in [3.63, 3.8) is 0 Å². The topological polar surface area (TPSA) is 20.2 Å². The molecule has 0 saturated carbocycles. The standard InChI is InChI=1S/C6H11FO/c1-2-6(8)4-3-5-7/h3,5-6,8H,2,4H2,1H3/b5-3+. The van der Waals surface area contributed by atoms with Crippen LogP contribution in [0, 0.1) is 0 Å². The fourth-order valence-corrected chi connectivity index (χ4v) is 0.375. The summed E-state index contributed by atoms with van der Waals surface area (Å²) in [6.07, 6.45) is 2.51. The van der Waals surface area contributed by atoms with Gasteiger partial charge in [0.05, 0.1) is 12.4 Å². The average Bonchev–Trinajstić information content (AvgIpc) is 1.83. The molecule has 0 aromatic heterocycles. The molecule has 0 amide bonds. The van der Waals surface area contributed by atoms with Gasteiger partial charge in [-0.05, 0) is 12.8 Å². The Morgan fingerprint density at radius 2 is 2.38 bits per heavy atom. The Bertz CT molecular complexity index is 70.9. The van der Waals surface area contributed by atoms with Crippen molar-refractivity contribution in [2.75, 3.05) is 0 Å². The van der Waals surface area contributed by atoms with Crippen LogP contribution in [0.4, 0.5) is 4.39 Å². The van der Waals surface area contributed by atoms with Crippen molar-refractivity contribution < 1.29 is 9.50 Å². The zero-order chi connectivity index (χ0) is 6.41. The molecule has 0 aromatic carbocycles. The highest BCUT2D eigenvalue weighted by Crippen LogP contribution is 1.96. The third kappa shape index (κ3) is 3.81. The van der Waals surface area contributed by atoms with Gasteiger partial charge in [0.25, 0.3) is 0 Å². The lowest BCUT2D eigenvalue weighted by Gasteiger charge is -1.99. The highest BCUT2D eigenvalue weighted by Gasteiger charge is 1.93. The van der Waals surface area contributed by atoms with Crippen LogP contribution in [0.3, 0.4) is 0 Å². The van der Waals surface area contributed by atoms with Gasteiger partial charge in [-0.15, -0.1) is 0 Å². The Kier molecular flexibility index (Phi) is 4.56. The summed E-state index contributed by atoms with van der Waals surface area (Å²) in [4.78, 5) is 0. The van der Waals surface area contributed by atoms with E-state index in [1.54, 1.807) is 0 Å². The van der Waals surface area contributed by atoms with Gasteiger partial charge in [0.2, 0.25) is 0 Å². The summed E-state index contributed by atoms with van der Waals surface area (Å²) < 4.78 is 11.2. The lowest BCUT2D eigenvalue weighted by atomic mass is 10.2. The molecule has 2 heteroatoms. The van der Waals surface area contributed by atoms with E-state index in [0.717, 1.165) is 0 Å². The largest absolute Gasteiger partial charge is 0.393 e. The maximum absolute atomic E-state index is 11.2. The monoisotopic (exact) mass is 118 g/mol. The molecular weight excluding hydrogens is 107 g/mol. The van der Waals surface area contributed by atoms with E-state index in [9.17, 15) is 4.39 Å². The molecular formula is C6H11FO. The molecule has 8 heavy (non-hydrogen) atoms. The Hall–Kier alpha value is -0.370. The number of aliphatic hydroxyl groups is 1. The predicted octanol–water partition coefficient (Wildman–Crippen LogP) is 1.63. The van der Waals surface area contributed by atoms with Gasteiger partial charge in [0.1, 0.15) is 0 Å². The normalized spacial score (nSPS) is 14.9. The van der Waals surface area contributed by atoms with Crippen molar-refractivity contribution in [1.82, 2.24) is 0 Å². The SMILES string of the molecule is CCC(O)C/C=C/F. The quantitative estimate of drug-likeness (QED) is 0.597. The van der Waals surface area contributed by atoms with Crippen LogP contribution >= 0.6 is 0 Å². The second-order valence-corrected chi connectivity index (χ2v) is 1.66. The number of hydrogen-bond donors (Lipinski definition) is 1. The molecule has 0 aliphatic carbocycles. The fraction of sp³-hybridized carbons (Fsp3) is 0.667. The summed E-state index contributed by atoms with van der Waals surface area (Å²) in [7, 11) is 0. The van der Waals surface area contributed by atoms with Crippen LogP contribution in [-0.4, -0.2) is 11.2 Å². The Labute approximate surface area is 48.8 Å². The van der Waals surface area contributed by atoms with Crippen molar-refractivity contribution >= 4 is 0 Å². The maximum atomic E-state index is 11.2. The number of hydrogen-bond acceptors (Lipinski definition) is 1. The second-order valence-electron chi connectivity index (χ2n) is 1.66. The molecule has 0 aromatic rings. The minimum Gasteiger partial charge on any atom is -0.393 e. The summed E-state index contributed by atoms with van der Waals surface area (Å²) in [6, 6.07) is 0. The molecule has 0 saturated heterocycles. The molecule has 1 N–H and O–H groups in total. The van der Waals surface area contributed by atoms with E-state index in [2.05, 4.69) is 0 Å². The molecule has 48 valence electrons. The molecule has 1 unspecified atom stereocenters. The first-order valence-electron chi connectivity index (χ1n) is 2.74. The molecule has 0 fully saturated rings. The van der Waals surface area contributed by atoms with Crippen LogP contribution in [0.2, 0.25) is 0 Å². The number of rotatable bonds is 3. The van der Waals surface area contributed by atoms with Gasteiger partial charge in [-0.25, -0.2) is 4.39 Å². The van der Waals surface area contributed by atoms with E-state index in [4.69, 9.17) is 5.11 Å². The first-order chi connectivity index (χ1) is 3.81. The highest BCUT2D eigenvalue weighted by atomic mass is 19.1. The van der Waals surface area contributed by atoms with Gasteiger partial charge in [-0.2, -0.15) is 0 Å². The molecule has 0 bridgehead atoms. The van der Waals surface area contributed by atoms with Crippen LogP contribution < -0.4 is 0 Å². The van der Waals surface area contributed by atoms with E-state index >= 15 is 0 Å². The van der Waals surface area contributed by atoms with Crippen molar-refractivity contribution in [1.29, 1.82) is 0 Å². The number of halogens is 1. The zero-order valence-corrected chi connectivity index (χ0v) is 4.97. The fourth-order valence-electron chi connectivity index (χ4n) is 0.375. The van der Waals surface area contributed by atoms with Crippen LogP contribution in [0.15, 0.2) is 12.4 Å². The predicted molar refractivity (Wildman–Crippen MR) is 31.2 cm³/mol. The van der Waals surface area contributed by atoms with Crippen LogP contribution in [0.1, 0.15) is 19.8 Å². The number of aliphatic hydroxyl groups excluding tert-OH is 1. The van der Waals surface area contributed by atoms with Gasteiger partial charge in [0.15, 0.2) is 0 Å². The van der Waals surface area contributed by atoms with Crippen LogP contribution in [0.25, 0.3) is 0 Å². The summed E-state index contributed by atoms with van der Waals surface area (Å²) in [5.74, 6) is 0. The minimum atomic E-state index is -0.373. The van der Waals surface area contributed by atoms with Crippen molar-refractivity contribution in [2.24, 2.45) is 0 Å². The van der Waals surface area contributed by atoms with Gasteiger partial charge < -0.3 is 5.11 Å². The maximum Gasteiger partial charge on any atom is 0.0828 e. The average molecular weight is 118 g/mol. The lowest BCUT2D eigenvalue weighted by molar-refractivity contribution is 0.173. The lowest BCUT2D eigenvalue weighted by Crippen LogP contribution is -2.00. The van der Waals surface area contributed by atoms with Gasteiger partial charge >= 0.3 is 0 Å². The molecule has 0 heterocycles. The third-order valence-corrected chi connectivity index (χ3v) is 0.968. The molecule has 0 spiro atoms. The molecule has 0 radical (unpaired) electrons. The van der Waals surface area contributed by atoms with E-state index in [-0.39, 0.29) is 6.10 Å². The summed E-state index contributed by atoms with van der Waals surface area (Å²) in [5, 5.41) is 8.77. The summed E-state index contributed by atoms with van der Waals surface area (Å²) in [6.45, 7) is 1.86. The molecule has 0 aliphatic rings. The Morgan fingerprint density at radius 3 is 2.75 bits per heavy atom. The zero-order valence-electron chi connectivity index (χ0n) is 4.97. The van der Waals surface area contributed by atoms with Crippen LogP contribution in [0.5, 0.6) is 0 Å². The minimum absolute atomic E-state index is 0.373. The first kappa shape index (κ1) is 7.63. The van der Waals surface area contributed by atoms with Gasteiger partial charge in [-0.3, -0.25) is 0 Å². The van der Waals surface area contributed by atoms with E-state index < -0.39 is 0 Å². The van der Waals surface area contributed by atoms with E-state index in [1.807, 2.05) is 6.92 Å². The van der Waals surface area contributed by atoms with Crippen molar-refractivity contribution in [3.05, 3.63) is 12.4 Å². The molecule has 1 atom stereocenters. The highest BCUT2D eigenvalue weighted by molar-refractivity contribution is 4.75. The van der Waals surface area contributed by atoms with Gasteiger partial charge in [-0.1, -0.05) is 13.0 Å². The summed E-state index contributed by atoms with van der Waals surface area (Å²) in [5.41, 5.74) is 0. The van der Waals surface area contributed by atoms with Crippen molar-refractivity contribution in [3.8, 4) is 0 Å². The molecule has 0 rings (SSSR count). The first-order valence-corrected chi connectivity index (χ1v) is 2.74. The molecule has 1 nitrogen and oxygen atoms in total. The molecule has 0 aliphatic heterocycles. The van der Waals surface area contributed by atoms with Crippen LogP contribution in [-0.2, 0) is 0 Å². The van der Waals surface area contributed by atoms with E-state index in [1.165, 1.54) is 6.08 Å². The summed E-state index contributed by atoms with van der Waals surface area (Å²) >= 11 is 0. The van der Waals surface area contributed by atoms with Gasteiger partial charge in [0, 0.05) is 0 Å².